The third-order valence-electron chi connectivity index (χ3n) is 5.79. The maximum Gasteiger partial charge on any atom is 0.0685 e. The molecule has 1 N–H and O–H groups in total. The van der Waals surface area contributed by atoms with Crippen LogP contribution in [-0.2, 0) is 4.74 Å². The van der Waals surface area contributed by atoms with Crippen molar-refractivity contribution in [1.82, 2.24) is 5.32 Å². The van der Waals surface area contributed by atoms with Crippen LogP contribution in [0.4, 0.5) is 0 Å². The molecular formula is C19H37NO. The first-order valence-electron chi connectivity index (χ1n) is 9.58. The average molecular weight is 296 g/mol. The fourth-order valence-corrected chi connectivity index (χ4v) is 4.70. The van der Waals surface area contributed by atoms with Gasteiger partial charge in [0.25, 0.3) is 0 Å². The third kappa shape index (κ3) is 4.69. The van der Waals surface area contributed by atoms with Gasteiger partial charge in [-0.3, -0.25) is 0 Å². The van der Waals surface area contributed by atoms with Gasteiger partial charge in [0.15, 0.2) is 0 Å². The Morgan fingerprint density at radius 3 is 2.57 bits per heavy atom. The van der Waals surface area contributed by atoms with Crippen LogP contribution in [0, 0.1) is 11.8 Å². The summed E-state index contributed by atoms with van der Waals surface area (Å²) in [6, 6.07) is 0.701. The molecule has 0 amide bonds. The molecule has 1 saturated carbocycles. The monoisotopic (exact) mass is 295 g/mol. The lowest BCUT2D eigenvalue weighted by Gasteiger charge is -2.46. The molecule has 1 spiro atoms. The summed E-state index contributed by atoms with van der Waals surface area (Å²) in [5.41, 5.74) is 0.249. The van der Waals surface area contributed by atoms with E-state index in [1.54, 1.807) is 0 Å². The molecule has 3 atom stereocenters. The summed E-state index contributed by atoms with van der Waals surface area (Å²) in [6.45, 7) is 9.22. The van der Waals surface area contributed by atoms with Crippen molar-refractivity contribution in [2.45, 2.75) is 96.6 Å². The number of hydrogen-bond acceptors (Lipinski definition) is 2. The van der Waals surface area contributed by atoms with Crippen molar-refractivity contribution >= 4 is 0 Å². The lowest BCUT2D eigenvalue weighted by atomic mass is 9.71. The minimum atomic E-state index is 0.249. The summed E-state index contributed by atoms with van der Waals surface area (Å²) in [7, 11) is 0. The van der Waals surface area contributed by atoms with Crippen molar-refractivity contribution in [3.05, 3.63) is 0 Å². The number of rotatable bonds is 7. The molecule has 3 unspecified atom stereocenters. The maximum absolute atomic E-state index is 6.30. The van der Waals surface area contributed by atoms with Gasteiger partial charge in [0.1, 0.15) is 0 Å². The zero-order chi connectivity index (χ0) is 15.1. The van der Waals surface area contributed by atoms with Crippen molar-refractivity contribution in [2.24, 2.45) is 11.8 Å². The van der Waals surface area contributed by atoms with Crippen molar-refractivity contribution < 1.29 is 4.74 Å². The molecule has 2 aliphatic rings. The highest BCUT2D eigenvalue weighted by Crippen LogP contribution is 2.42. The molecule has 0 aromatic carbocycles. The van der Waals surface area contributed by atoms with Gasteiger partial charge < -0.3 is 10.1 Å². The van der Waals surface area contributed by atoms with E-state index in [0.717, 1.165) is 18.4 Å². The number of ether oxygens (including phenoxy) is 1. The van der Waals surface area contributed by atoms with Crippen LogP contribution in [0.2, 0.25) is 0 Å². The van der Waals surface area contributed by atoms with Crippen molar-refractivity contribution in [2.75, 3.05) is 13.2 Å². The topological polar surface area (TPSA) is 21.3 Å². The summed E-state index contributed by atoms with van der Waals surface area (Å²) < 4.78 is 6.30. The van der Waals surface area contributed by atoms with Gasteiger partial charge in [-0.25, -0.2) is 0 Å². The molecule has 0 aromatic rings. The molecule has 0 bridgehead atoms. The summed E-state index contributed by atoms with van der Waals surface area (Å²) in [4.78, 5) is 0. The second-order valence-corrected chi connectivity index (χ2v) is 7.59. The van der Waals surface area contributed by atoms with Gasteiger partial charge in [-0.2, -0.15) is 0 Å². The molecule has 21 heavy (non-hydrogen) atoms. The van der Waals surface area contributed by atoms with Crippen LogP contribution < -0.4 is 5.32 Å². The first-order chi connectivity index (χ1) is 10.2. The van der Waals surface area contributed by atoms with E-state index in [9.17, 15) is 0 Å². The molecule has 2 heteroatoms. The van der Waals surface area contributed by atoms with Crippen molar-refractivity contribution in [3.63, 3.8) is 0 Å². The summed E-state index contributed by atoms with van der Waals surface area (Å²) in [5, 5.41) is 3.89. The van der Waals surface area contributed by atoms with Crippen LogP contribution in [0.1, 0.15) is 85.0 Å². The van der Waals surface area contributed by atoms with Crippen molar-refractivity contribution in [1.29, 1.82) is 0 Å². The average Bonchev–Trinajstić information content (AvgIpc) is 2.49. The Morgan fingerprint density at radius 2 is 1.90 bits per heavy atom. The normalized spacial score (nSPS) is 28.4. The molecule has 2 fully saturated rings. The lowest BCUT2D eigenvalue weighted by molar-refractivity contribution is -0.124. The van der Waals surface area contributed by atoms with E-state index in [1.165, 1.54) is 70.8 Å². The van der Waals surface area contributed by atoms with E-state index >= 15 is 0 Å². The van der Waals surface area contributed by atoms with E-state index in [0.29, 0.717) is 6.04 Å². The van der Waals surface area contributed by atoms with Gasteiger partial charge in [0.2, 0.25) is 0 Å². The quantitative estimate of drug-likeness (QED) is 0.720. The van der Waals surface area contributed by atoms with E-state index in [2.05, 4.69) is 26.1 Å². The third-order valence-corrected chi connectivity index (χ3v) is 5.79. The van der Waals surface area contributed by atoms with Crippen molar-refractivity contribution in [3.8, 4) is 0 Å². The van der Waals surface area contributed by atoms with Crippen LogP contribution in [-0.4, -0.2) is 24.8 Å². The molecule has 0 aromatic heterocycles. The molecular weight excluding hydrogens is 258 g/mol. The predicted octanol–water partition coefficient (Wildman–Crippen LogP) is 4.92. The van der Waals surface area contributed by atoms with Crippen LogP contribution in [0.5, 0.6) is 0 Å². The molecule has 124 valence electrons. The van der Waals surface area contributed by atoms with Gasteiger partial charge in [-0.1, -0.05) is 46.5 Å². The van der Waals surface area contributed by atoms with Gasteiger partial charge in [-0.15, -0.1) is 0 Å². The van der Waals surface area contributed by atoms with Gasteiger partial charge in [-0.05, 0) is 56.9 Å². The zero-order valence-corrected chi connectivity index (χ0v) is 14.6. The molecule has 1 heterocycles. The molecule has 1 saturated heterocycles. The molecule has 2 rings (SSSR count). The summed E-state index contributed by atoms with van der Waals surface area (Å²) in [5.74, 6) is 1.62. The Bertz CT molecular complexity index is 280. The Balaban J connectivity index is 2.00. The first-order valence-corrected chi connectivity index (χ1v) is 9.58. The first kappa shape index (κ1) is 17.3. The maximum atomic E-state index is 6.30. The second-order valence-electron chi connectivity index (χ2n) is 7.59. The largest absolute Gasteiger partial charge is 0.375 e. The minimum absolute atomic E-state index is 0.249. The van der Waals surface area contributed by atoms with E-state index in [4.69, 9.17) is 4.74 Å². The van der Waals surface area contributed by atoms with Gasteiger partial charge in [0, 0.05) is 12.6 Å². The fraction of sp³-hybridized carbons (Fsp3) is 1.00. The van der Waals surface area contributed by atoms with Crippen LogP contribution in [0.15, 0.2) is 0 Å². The van der Waals surface area contributed by atoms with Crippen LogP contribution in [0.3, 0.4) is 0 Å². The number of nitrogens with one attached hydrogen (secondary N) is 1. The molecule has 1 aliphatic heterocycles. The Morgan fingerprint density at radius 1 is 1.14 bits per heavy atom. The highest BCUT2D eigenvalue weighted by atomic mass is 16.5. The van der Waals surface area contributed by atoms with Crippen LogP contribution in [0.25, 0.3) is 0 Å². The summed E-state index contributed by atoms with van der Waals surface area (Å²) in [6.07, 6.45) is 13.3. The van der Waals surface area contributed by atoms with Gasteiger partial charge in [0.05, 0.1) is 5.60 Å². The standard InChI is InChI=1S/C19H37NO/c1-4-9-16(3)18(20-13-5-2)17-10-14-21-19(15-17)11-7-6-8-12-19/h16-18,20H,4-15H2,1-3H3. The predicted molar refractivity (Wildman–Crippen MR) is 90.6 cm³/mol. The Hall–Kier alpha value is -0.0800. The molecule has 0 radical (unpaired) electrons. The van der Waals surface area contributed by atoms with Crippen LogP contribution >= 0.6 is 0 Å². The Kier molecular flexibility index (Phi) is 7.01. The molecule has 2 nitrogen and oxygen atoms in total. The SMILES string of the molecule is CCCNC(C(C)CCC)C1CCOC2(CCCCC2)C1. The number of hydrogen-bond donors (Lipinski definition) is 1. The fourth-order valence-electron chi connectivity index (χ4n) is 4.70. The van der Waals surface area contributed by atoms with E-state index in [1.807, 2.05) is 0 Å². The zero-order valence-electron chi connectivity index (χ0n) is 14.6. The Labute approximate surface area is 132 Å². The summed E-state index contributed by atoms with van der Waals surface area (Å²) >= 11 is 0. The smallest absolute Gasteiger partial charge is 0.0685 e. The minimum Gasteiger partial charge on any atom is -0.375 e. The molecule has 1 aliphatic carbocycles. The highest BCUT2D eigenvalue weighted by Gasteiger charge is 2.41. The lowest BCUT2D eigenvalue weighted by Crippen LogP contribution is -2.50. The van der Waals surface area contributed by atoms with E-state index in [-0.39, 0.29) is 5.60 Å². The second kappa shape index (κ2) is 8.53. The van der Waals surface area contributed by atoms with E-state index < -0.39 is 0 Å². The highest BCUT2D eigenvalue weighted by molar-refractivity contribution is 4.94. The van der Waals surface area contributed by atoms with Gasteiger partial charge >= 0.3 is 0 Å².